The van der Waals surface area contributed by atoms with E-state index in [1.807, 2.05) is 23.5 Å². The van der Waals surface area contributed by atoms with Crippen LogP contribution in [0.2, 0.25) is 0 Å². The van der Waals surface area contributed by atoms with Gasteiger partial charge in [0.25, 0.3) is 0 Å². The minimum absolute atomic E-state index is 0.244. The van der Waals surface area contributed by atoms with Gasteiger partial charge in [0.05, 0.1) is 0 Å². The van der Waals surface area contributed by atoms with Gasteiger partial charge < -0.3 is 10.6 Å². The van der Waals surface area contributed by atoms with E-state index < -0.39 is 0 Å². The summed E-state index contributed by atoms with van der Waals surface area (Å²) in [4.78, 5) is 11.7. The van der Waals surface area contributed by atoms with Crippen molar-refractivity contribution >= 4 is 29.4 Å². The summed E-state index contributed by atoms with van der Waals surface area (Å²) >= 11 is 4.01. The van der Waals surface area contributed by atoms with Gasteiger partial charge in [-0.15, -0.1) is 0 Å². The summed E-state index contributed by atoms with van der Waals surface area (Å²) in [6.45, 7) is 3.09. The third-order valence-electron chi connectivity index (χ3n) is 3.35. The van der Waals surface area contributed by atoms with E-state index in [0.29, 0.717) is 11.7 Å². The lowest BCUT2D eigenvalue weighted by molar-refractivity contribution is -0.121. The third-order valence-corrected chi connectivity index (χ3v) is 6.20. The number of rotatable bonds is 5. The van der Waals surface area contributed by atoms with Gasteiger partial charge in [-0.2, -0.15) is 23.5 Å². The van der Waals surface area contributed by atoms with Crippen molar-refractivity contribution in [2.24, 2.45) is 5.92 Å². The maximum atomic E-state index is 11.7. The molecule has 2 atom stereocenters. The van der Waals surface area contributed by atoms with Crippen molar-refractivity contribution in [2.45, 2.75) is 24.5 Å². The van der Waals surface area contributed by atoms with Crippen molar-refractivity contribution < 1.29 is 4.79 Å². The van der Waals surface area contributed by atoms with Gasteiger partial charge in [0.15, 0.2) is 0 Å². The van der Waals surface area contributed by atoms with E-state index in [9.17, 15) is 4.79 Å². The predicted molar refractivity (Wildman–Crippen MR) is 76.8 cm³/mol. The highest BCUT2D eigenvalue weighted by molar-refractivity contribution is 8.06. The molecular formula is C12H22N2OS2. The van der Waals surface area contributed by atoms with Crippen LogP contribution >= 0.6 is 23.5 Å². The molecule has 2 saturated heterocycles. The summed E-state index contributed by atoms with van der Waals surface area (Å²) in [5.41, 5.74) is 0. The van der Waals surface area contributed by atoms with E-state index in [-0.39, 0.29) is 5.91 Å². The lowest BCUT2D eigenvalue weighted by Crippen LogP contribution is -2.33. The molecule has 0 aromatic carbocycles. The first-order valence-corrected chi connectivity index (χ1v) is 8.71. The quantitative estimate of drug-likeness (QED) is 0.794. The SMILES string of the molecule is O=C(CCC1CCNC1)NCC1CSCCS1. The molecule has 0 aliphatic carbocycles. The first kappa shape index (κ1) is 13.6. The Balaban J connectivity index is 1.53. The van der Waals surface area contributed by atoms with Crippen molar-refractivity contribution in [3.63, 3.8) is 0 Å². The third kappa shape index (κ3) is 5.10. The van der Waals surface area contributed by atoms with Crippen LogP contribution in [0, 0.1) is 5.92 Å². The van der Waals surface area contributed by atoms with E-state index in [4.69, 9.17) is 0 Å². The standard InChI is InChI=1S/C12H22N2OS2/c15-12(2-1-10-3-4-13-7-10)14-8-11-9-16-5-6-17-11/h10-11,13H,1-9H2,(H,14,15). The monoisotopic (exact) mass is 274 g/mol. The van der Waals surface area contributed by atoms with E-state index >= 15 is 0 Å². The Hall–Kier alpha value is 0.130. The number of thioether (sulfide) groups is 2. The van der Waals surface area contributed by atoms with Gasteiger partial charge >= 0.3 is 0 Å². The second-order valence-corrected chi connectivity index (χ2v) is 7.33. The Morgan fingerprint density at radius 3 is 3.06 bits per heavy atom. The van der Waals surface area contributed by atoms with Gasteiger partial charge in [0, 0.05) is 35.5 Å². The highest BCUT2D eigenvalue weighted by Gasteiger charge is 2.17. The van der Waals surface area contributed by atoms with Gasteiger partial charge in [0.1, 0.15) is 0 Å². The molecule has 5 heteroatoms. The van der Waals surface area contributed by atoms with Crippen LogP contribution in [0.4, 0.5) is 0 Å². The van der Waals surface area contributed by atoms with Gasteiger partial charge in [-0.1, -0.05) is 0 Å². The fourth-order valence-electron chi connectivity index (χ4n) is 2.27. The molecule has 1 amide bonds. The van der Waals surface area contributed by atoms with Crippen LogP contribution in [0.5, 0.6) is 0 Å². The summed E-state index contributed by atoms with van der Waals surface area (Å²) in [7, 11) is 0. The summed E-state index contributed by atoms with van der Waals surface area (Å²) in [6, 6.07) is 0. The lowest BCUT2D eigenvalue weighted by Gasteiger charge is -2.21. The number of carbonyl (C=O) groups is 1. The van der Waals surface area contributed by atoms with Gasteiger partial charge in [-0.3, -0.25) is 4.79 Å². The minimum Gasteiger partial charge on any atom is -0.355 e. The van der Waals surface area contributed by atoms with Crippen molar-refractivity contribution in [2.75, 3.05) is 36.9 Å². The minimum atomic E-state index is 0.244. The fourth-order valence-corrected chi connectivity index (χ4v) is 4.88. The molecule has 0 saturated carbocycles. The normalized spacial score (nSPS) is 29.2. The lowest BCUT2D eigenvalue weighted by atomic mass is 10.0. The number of nitrogens with one attached hydrogen (secondary N) is 2. The van der Waals surface area contributed by atoms with Crippen molar-refractivity contribution in [1.29, 1.82) is 0 Å². The highest BCUT2D eigenvalue weighted by atomic mass is 32.2. The molecule has 17 heavy (non-hydrogen) atoms. The van der Waals surface area contributed by atoms with Gasteiger partial charge in [0.2, 0.25) is 5.91 Å². The zero-order chi connectivity index (χ0) is 11.9. The summed E-state index contributed by atoms with van der Waals surface area (Å²) in [5, 5.41) is 7.06. The number of amides is 1. The maximum Gasteiger partial charge on any atom is 0.220 e. The van der Waals surface area contributed by atoms with E-state index in [2.05, 4.69) is 10.6 Å². The van der Waals surface area contributed by atoms with Crippen LogP contribution < -0.4 is 10.6 Å². The number of hydrogen-bond acceptors (Lipinski definition) is 4. The number of hydrogen-bond donors (Lipinski definition) is 2. The average Bonchev–Trinajstić information content (AvgIpc) is 2.88. The van der Waals surface area contributed by atoms with E-state index in [1.54, 1.807) is 0 Å². The Morgan fingerprint density at radius 2 is 2.35 bits per heavy atom. The van der Waals surface area contributed by atoms with Gasteiger partial charge in [-0.25, -0.2) is 0 Å². The Morgan fingerprint density at radius 1 is 1.41 bits per heavy atom. The molecule has 0 radical (unpaired) electrons. The van der Waals surface area contributed by atoms with Crippen LogP contribution in [-0.4, -0.2) is 48.0 Å². The second kappa shape index (κ2) is 7.54. The Bertz CT molecular complexity index is 239. The molecule has 0 spiro atoms. The molecule has 2 aliphatic rings. The zero-order valence-corrected chi connectivity index (χ0v) is 11.9. The first-order valence-electron chi connectivity index (χ1n) is 6.51. The molecule has 2 fully saturated rings. The highest BCUT2D eigenvalue weighted by Crippen LogP contribution is 2.23. The van der Waals surface area contributed by atoms with Crippen LogP contribution in [0.15, 0.2) is 0 Å². The zero-order valence-electron chi connectivity index (χ0n) is 10.2. The maximum absolute atomic E-state index is 11.7. The van der Waals surface area contributed by atoms with Crippen molar-refractivity contribution in [1.82, 2.24) is 10.6 Å². The molecule has 98 valence electrons. The molecular weight excluding hydrogens is 252 g/mol. The first-order chi connectivity index (χ1) is 8.34. The molecule has 2 aliphatic heterocycles. The predicted octanol–water partition coefficient (Wildman–Crippen LogP) is 1.34. The molecule has 0 bridgehead atoms. The summed E-state index contributed by atoms with van der Waals surface area (Å²) < 4.78 is 0. The molecule has 2 heterocycles. The molecule has 0 aromatic rings. The molecule has 2 unspecified atom stereocenters. The van der Waals surface area contributed by atoms with E-state index in [1.165, 1.54) is 23.7 Å². The molecule has 0 aromatic heterocycles. The van der Waals surface area contributed by atoms with Gasteiger partial charge in [-0.05, 0) is 31.8 Å². The number of carbonyl (C=O) groups excluding carboxylic acids is 1. The van der Waals surface area contributed by atoms with Crippen LogP contribution in [0.1, 0.15) is 19.3 Å². The largest absolute Gasteiger partial charge is 0.355 e. The smallest absolute Gasteiger partial charge is 0.220 e. The summed E-state index contributed by atoms with van der Waals surface area (Å²) in [6.07, 6.45) is 2.99. The molecule has 3 nitrogen and oxygen atoms in total. The van der Waals surface area contributed by atoms with Crippen molar-refractivity contribution in [3.05, 3.63) is 0 Å². The fraction of sp³-hybridized carbons (Fsp3) is 0.917. The topological polar surface area (TPSA) is 41.1 Å². The molecule has 2 N–H and O–H groups in total. The van der Waals surface area contributed by atoms with Crippen LogP contribution in [0.3, 0.4) is 0 Å². The van der Waals surface area contributed by atoms with Crippen LogP contribution in [0.25, 0.3) is 0 Å². The Kier molecular flexibility index (Phi) is 6.01. The molecule has 2 rings (SSSR count). The average molecular weight is 274 g/mol. The summed E-state index contributed by atoms with van der Waals surface area (Å²) in [5.74, 6) is 4.66. The van der Waals surface area contributed by atoms with Crippen LogP contribution in [-0.2, 0) is 4.79 Å². The Labute approximate surface area is 112 Å². The van der Waals surface area contributed by atoms with E-state index in [0.717, 1.165) is 32.0 Å². The van der Waals surface area contributed by atoms with Crippen molar-refractivity contribution in [3.8, 4) is 0 Å². The second-order valence-electron chi connectivity index (χ2n) is 4.77.